The van der Waals surface area contributed by atoms with Gasteiger partial charge in [0.1, 0.15) is 35.8 Å². The molecule has 15 nitrogen and oxygen atoms in total. The lowest BCUT2D eigenvalue weighted by Crippen LogP contribution is -2.53. The van der Waals surface area contributed by atoms with Gasteiger partial charge in [0.25, 0.3) is 0 Å². The highest BCUT2D eigenvalue weighted by Gasteiger charge is 2.76. The largest absolute Gasteiger partial charge is 0.508 e. The topological polar surface area (TPSA) is 196 Å². The highest BCUT2D eigenvalue weighted by molar-refractivity contribution is 6.23. The van der Waals surface area contributed by atoms with Crippen molar-refractivity contribution in [2.24, 2.45) is 11.8 Å². The summed E-state index contributed by atoms with van der Waals surface area (Å²) in [5.41, 5.74) is -0.447. The smallest absolute Gasteiger partial charge is 0.421 e. The van der Waals surface area contributed by atoms with E-state index >= 15 is 4.79 Å². The van der Waals surface area contributed by atoms with Crippen molar-refractivity contribution < 1.29 is 62.7 Å². The summed E-state index contributed by atoms with van der Waals surface area (Å²) in [6, 6.07) is 24.4. The number of phenols is 1. The number of anilines is 1. The van der Waals surface area contributed by atoms with Gasteiger partial charge in [0.2, 0.25) is 5.91 Å². The van der Waals surface area contributed by atoms with Crippen molar-refractivity contribution >= 4 is 41.6 Å². The SMILES string of the molecule is COCCOC(=O)N1C(=O)[C@@]2(c3cc(C#CCC(C(=O)OC)C(=O)OC)ccc31)[C@H](c1ccc(O)cc1)N1[C@H](c3ccccc3)[C@H](c3ccccc3)OC(=O)[C@H]1[C@@H]2C(=O)O. The number of nitrogens with zero attached hydrogens (tertiary/aromatic N) is 2. The van der Waals surface area contributed by atoms with Crippen LogP contribution >= 0.6 is 0 Å². The van der Waals surface area contributed by atoms with E-state index in [0.29, 0.717) is 16.7 Å². The molecule has 3 aliphatic rings. The van der Waals surface area contributed by atoms with E-state index in [1.807, 2.05) is 12.1 Å². The first-order chi connectivity index (χ1) is 29.0. The number of hydrogen-bond acceptors (Lipinski definition) is 13. The van der Waals surface area contributed by atoms with Gasteiger partial charge in [0, 0.05) is 19.1 Å². The maximum atomic E-state index is 15.7. The number of methoxy groups -OCH3 is 3. The number of amides is 2. The Hall–Kier alpha value is -7.02. The maximum Gasteiger partial charge on any atom is 0.421 e. The van der Waals surface area contributed by atoms with Crippen LogP contribution in [0.1, 0.15) is 52.4 Å². The monoisotopic (exact) mass is 816 g/mol. The summed E-state index contributed by atoms with van der Waals surface area (Å²) in [6.07, 6.45) is -2.42. The predicted octanol–water partition coefficient (Wildman–Crippen LogP) is 4.63. The Bertz CT molecular complexity index is 2360. The van der Waals surface area contributed by atoms with Gasteiger partial charge in [-0.2, -0.15) is 0 Å². The minimum atomic E-state index is -2.26. The first-order valence-corrected chi connectivity index (χ1v) is 18.9. The highest BCUT2D eigenvalue weighted by atomic mass is 16.6. The van der Waals surface area contributed by atoms with Crippen molar-refractivity contribution in [3.8, 4) is 17.6 Å². The fraction of sp³-hybridized carbons (Fsp3) is 0.289. The molecule has 0 aliphatic carbocycles. The van der Waals surface area contributed by atoms with Gasteiger partial charge in [-0.1, -0.05) is 84.6 Å². The zero-order chi connectivity index (χ0) is 42.7. The van der Waals surface area contributed by atoms with Crippen LogP contribution in [0.2, 0.25) is 0 Å². The van der Waals surface area contributed by atoms with Crippen molar-refractivity contribution in [3.63, 3.8) is 0 Å². The molecule has 2 amide bonds. The highest BCUT2D eigenvalue weighted by Crippen LogP contribution is 2.66. The van der Waals surface area contributed by atoms with Crippen molar-refractivity contribution in [1.82, 2.24) is 4.90 Å². The Kier molecular flexibility index (Phi) is 11.7. The van der Waals surface area contributed by atoms with Gasteiger partial charge >= 0.3 is 30.0 Å². The van der Waals surface area contributed by atoms with E-state index < -0.39 is 77.4 Å². The molecule has 0 aromatic heterocycles. The zero-order valence-electron chi connectivity index (χ0n) is 32.7. The number of morpholine rings is 1. The summed E-state index contributed by atoms with van der Waals surface area (Å²) in [6.45, 7) is -0.250. The van der Waals surface area contributed by atoms with E-state index in [4.69, 9.17) is 23.7 Å². The van der Waals surface area contributed by atoms with Gasteiger partial charge in [-0.25, -0.2) is 9.69 Å². The van der Waals surface area contributed by atoms with Gasteiger partial charge in [0.15, 0.2) is 5.92 Å². The fourth-order valence-corrected chi connectivity index (χ4v) is 8.68. The number of hydrogen-bond donors (Lipinski definition) is 2. The van der Waals surface area contributed by atoms with Crippen LogP contribution in [0.15, 0.2) is 103 Å². The second-order valence-electron chi connectivity index (χ2n) is 14.3. The number of ether oxygens (including phenoxy) is 5. The Morgan fingerprint density at radius 2 is 1.43 bits per heavy atom. The van der Waals surface area contributed by atoms with Gasteiger partial charge in [-0.15, -0.1) is 0 Å². The molecule has 2 saturated heterocycles. The fourth-order valence-electron chi connectivity index (χ4n) is 8.68. The van der Waals surface area contributed by atoms with Gasteiger partial charge in [-0.05, 0) is 52.6 Å². The molecule has 2 N–H and O–H groups in total. The number of esters is 3. The normalized spacial score (nSPS) is 22.9. The number of phenolic OH excluding ortho intramolecular Hbond substituents is 1. The third kappa shape index (κ3) is 6.99. The molecule has 15 heteroatoms. The van der Waals surface area contributed by atoms with E-state index in [1.54, 1.807) is 65.6 Å². The van der Waals surface area contributed by atoms with Crippen LogP contribution in [0.4, 0.5) is 10.5 Å². The molecule has 0 unspecified atom stereocenters. The number of fused-ring (bicyclic) bond motifs is 3. The van der Waals surface area contributed by atoms with Crippen LogP contribution in [0.25, 0.3) is 0 Å². The van der Waals surface area contributed by atoms with Crippen LogP contribution in [-0.2, 0) is 53.1 Å². The number of cyclic esters (lactones) is 1. The van der Waals surface area contributed by atoms with E-state index in [0.717, 1.165) is 19.1 Å². The summed E-state index contributed by atoms with van der Waals surface area (Å²) in [7, 11) is 3.64. The molecule has 3 heterocycles. The molecule has 2 fully saturated rings. The summed E-state index contributed by atoms with van der Waals surface area (Å²) in [5, 5.41) is 21.9. The minimum Gasteiger partial charge on any atom is -0.508 e. The quantitative estimate of drug-likeness (QED) is 0.0739. The lowest BCUT2D eigenvalue weighted by atomic mass is 9.65. The lowest BCUT2D eigenvalue weighted by molar-refractivity contribution is -0.179. The number of carbonyl (C=O) groups excluding carboxylic acids is 5. The molecule has 4 aromatic carbocycles. The average molecular weight is 817 g/mol. The van der Waals surface area contributed by atoms with Crippen molar-refractivity contribution in [2.75, 3.05) is 39.4 Å². The molecule has 4 aromatic rings. The number of aromatic hydroxyl groups is 1. The number of rotatable bonds is 10. The molecular weight excluding hydrogens is 776 g/mol. The molecule has 60 heavy (non-hydrogen) atoms. The molecule has 6 atom stereocenters. The van der Waals surface area contributed by atoms with Crippen LogP contribution < -0.4 is 4.90 Å². The standard InChI is InChI=1S/C45H40N2O13/c1-56-23-24-59-44(55)46-33-22-17-26(11-10-16-31(40(51)57-2)41(52)58-3)25-32(33)45(43(46)54)34(39(49)50)36-42(53)60-37(28-14-8-5-9-15-28)35(27-12-6-4-7-13-27)47(36)38(45)29-18-20-30(48)21-19-29/h4-9,12-15,17-22,25,31,34-38,48H,16,23-24H2,1-3H3,(H,49,50)/t34-,35-,36-,37+,38+,45-/m1/s1. The second-order valence-corrected chi connectivity index (χ2v) is 14.3. The van der Waals surface area contributed by atoms with Gasteiger partial charge < -0.3 is 33.9 Å². The van der Waals surface area contributed by atoms with E-state index in [1.165, 1.54) is 37.4 Å². The molecule has 3 aliphatic heterocycles. The number of aliphatic carboxylic acids is 1. The minimum absolute atomic E-state index is 0.00630. The summed E-state index contributed by atoms with van der Waals surface area (Å²) in [4.78, 5) is 85.7. The van der Waals surface area contributed by atoms with Crippen LogP contribution in [0, 0.1) is 23.7 Å². The van der Waals surface area contributed by atoms with E-state index in [-0.39, 0.29) is 42.2 Å². The van der Waals surface area contributed by atoms with Crippen LogP contribution in [0.5, 0.6) is 5.75 Å². The first kappa shape index (κ1) is 41.2. The Morgan fingerprint density at radius 3 is 2.03 bits per heavy atom. The summed E-state index contributed by atoms with van der Waals surface area (Å²) in [5.74, 6) is -2.85. The predicted molar refractivity (Wildman–Crippen MR) is 210 cm³/mol. The van der Waals surface area contributed by atoms with E-state index in [9.17, 15) is 34.2 Å². The molecule has 1 spiro atoms. The first-order valence-electron chi connectivity index (χ1n) is 18.9. The second kappa shape index (κ2) is 17.1. The Morgan fingerprint density at radius 1 is 0.800 bits per heavy atom. The molecular formula is C45H40N2O13. The number of carboxylic acid groups (broad SMARTS) is 1. The summed E-state index contributed by atoms with van der Waals surface area (Å²) < 4.78 is 26.3. The van der Waals surface area contributed by atoms with Crippen molar-refractivity contribution in [1.29, 1.82) is 0 Å². The third-order valence-electron chi connectivity index (χ3n) is 11.1. The number of carbonyl (C=O) groups is 6. The zero-order valence-corrected chi connectivity index (χ0v) is 32.7. The maximum absolute atomic E-state index is 15.7. The Labute approximate surface area is 344 Å². The van der Waals surface area contributed by atoms with Crippen molar-refractivity contribution in [3.05, 3.63) is 131 Å². The number of carboxylic acids is 1. The number of imide groups is 1. The molecule has 0 radical (unpaired) electrons. The molecule has 308 valence electrons. The number of benzene rings is 4. The average Bonchev–Trinajstić information content (AvgIpc) is 3.72. The van der Waals surface area contributed by atoms with Crippen molar-refractivity contribution in [2.45, 2.75) is 36.1 Å². The van der Waals surface area contributed by atoms with E-state index in [2.05, 4.69) is 11.8 Å². The van der Waals surface area contributed by atoms with Crippen LogP contribution in [0.3, 0.4) is 0 Å². The third-order valence-corrected chi connectivity index (χ3v) is 11.1. The van der Waals surface area contributed by atoms with Crippen LogP contribution in [-0.4, -0.2) is 91.6 Å². The lowest BCUT2D eigenvalue weighted by Gasteiger charge is -2.46. The molecule has 0 bridgehead atoms. The summed E-state index contributed by atoms with van der Waals surface area (Å²) >= 11 is 0. The van der Waals surface area contributed by atoms with Gasteiger partial charge in [-0.3, -0.25) is 28.9 Å². The van der Waals surface area contributed by atoms with Gasteiger partial charge in [0.05, 0.1) is 38.6 Å². The Balaban J connectivity index is 1.51. The molecule has 0 saturated carbocycles. The molecule has 7 rings (SSSR count).